The van der Waals surface area contributed by atoms with Crippen LogP contribution in [0.4, 0.5) is 0 Å². The normalized spacial score (nSPS) is 14.0. The Labute approximate surface area is 200 Å². The van der Waals surface area contributed by atoms with Crippen molar-refractivity contribution in [1.82, 2.24) is 0 Å². The van der Waals surface area contributed by atoms with Crippen LogP contribution < -0.4 is 4.57 Å². The van der Waals surface area contributed by atoms with E-state index in [1.165, 1.54) is 138 Å². The minimum atomic E-state index is 1.19. The molecule has 0 atom stereocenters. The van der Waals surface area contributed by atoms with Crippen molar-refractivity contribution in [3.63, 3.8) is 0 Å². The van der Waals surface area contributed by atoms with Crippen molar-refractivity contribution in [3.8, 4) is 0 Å². The Balaban J connectivity index is 2.01. The molecule has 0 amide bonds. The summed E-state index contributed by atoms with van der Waals surface area (Å²) in [6.45, 7) is 10.5. The lowest BCUT2D eigenvalue weighted by atomic mass is 9.93. The number of aromatic nitrogens is 1. The fourth-order valence-electron chi connectivity index (χ4n) is 5.21. The van der Waals surface area contributed by atoms with E-state index in [-0.39, 0.29) is 0 Å². The molecule has 0 spiro atoms. The van der Waals surface area contributed by atoms with Crippen LogP contribution in [0, 0.1) is 13.8 Å². The van der Waals surface area contributed by atoms with Crippen molar-refractivity contribution in [2.45, 2.75) is 143 Å². The first kappa shape index (κ1) is 26.9. The molecule has 0 N–H and O–H groups in total. The zero-order valence-corrected chi connectivity index (χ0v) is 22.0. The van der Waals surface area contributed by atoms with Gasteiger partial charge in [-0.2, -0.15) is 4.57 Å². The average Bonchev–Trinajstić information content (AvgIpc) is 2.81. The third kappa shape index (κ3) is 8.87. The number of hydrogen-bond donors (Lipinski definition) is 0. The van der Waals surface area contributed by atoms with Gasteiger partial charge in [-0.3, -0.25) is 0 Å². The fourth-order valence-corrected chi connectivity index (χ4v) is 5.21. The molecule has 2 rings (SSSR count). The summed E-state index contributed by atoms with van der Waals surface area (Å²) < 4.78 is 2.63. The lowest BCUT2D eigenvalue weighted by molar-refractivity contribution is -0.715. The molecule has 1 aliphatic rings. The van der Waals surface area contributed by atoms with Gasteiger partial charge in [-0.1, -0.05) is 102 Å². The van der Waals surface area contributed by atoms with Crippen LogP contribution in [-0.2, 0) is 13.0 Å². The van der Waals surface area contributed by atoms with Gasteiger partial charge in [-0.25, -0.2) is 0 Å². The second-order valence-corrected chi connectivity index (χ2v) is 10.0. The molecule has 0 radical (unpaired) electrons. The number of allylic oxidation sites excluding steroid dienone is 2. The first-order chi connectivity index (χ1) is 15.7. The minimum absolute atomic E-state index is 1.19. The quantitative estimate of drug-likeness (QED) is 0.179. The molecule has 0 fully saturated rings. The fraction of sp³-hybridized carbons (Fsp3) is 0.710. The molecule has 0 bridgehead atoms. The van der Waals surface area contributed by atoms with Gasteiger partial charge >= 0.3 is 0 Å². The molecular formula is C31H52N+. The Morgan fingerprint density at radius 2 is 1.19 bits per heavy atom. The highest BCUT2D eigenvalue weighted by molar-refractivity contribution is 5.64. The molecule has 1 aromatic heterocycles. The van der Waals surface area contributed by atoms with E-state index in [4.69, 9.17) is 0 Å². The number of pyridine rings is 1. The van der Waals surface area contributed by atoms with Gasteiger partial charge in [0.2, 0.25) is 0 Å². The molecule has 1 aromatic rings. The van der Waals surface area contributed by atoms with E-state index in [1.54, 1.807) is 5.69 Å². The van der Waals surface area contributed by atoms with Crippen LogP contribution in [0.3, 0.4) is 0 Å². The summed E-state index contributed by atoms with van der Waals surface area (Å²) in [7, 11) is 0. The SMILES string of the molecule is CCCCCCCC/C=C/c1c(C)c(/C=C/CCCCCCCC)c2[n+](c1C)CCCC2. The minimum Gasteiger partial charge on any atom is -0.199 e. The van der Waals surface area contributed by atoms with Crippen molar-refractivity contribution in [2.24, 2.45) is 0 Å². The number of nitrogens with zero attached hydrogens (tertiary/aromatic N) is 1. The van der Waals surface area contributed by atoms with Crippen LogP contribution >= 0.6 is 0 Å². The maximum Gasteiger partial charge on any atom is 0.189 e. The van der Waals surface area contributed by atoms with E-state index >= 15 is 0 Å². The van der Waals surface area contributed by atoms with Crippen molar-refractivity contribution >= 4 is 12.2 Å². The second-order valence-electron chi connectivity index (χ2n) is 10.0. The molecule has 32 heavy (non-hydrogen) atoms. The number of fused-ring (bicyclic) bond motifs is 1. The topological polar surface area (TPSA) is 3.88 Å². The molecule has 1 aliphatic heterocycles. The van der Waals surface area contributed by atoms with Crippen molar-refractivity contribution in [3.05, 3.63) is 40.2 Å². The smallest absolute Gasteiger partial charge is 0.189 e. The lowest BCUT2D eigenvalue weighted by Gasteiger charge is -2.19. The predicted molar refractivity (Wildman–Crippen MR) is 143 cm³/mol. The Morgan fingerprint density at radius 1 is 0.656 bits per heavy atom. The summed E-state index contributed by atoms with van der Waals surface area (Å²) in [5.41, 5.74) is 7.54. The van der Waals surface area contributed by atoms with Gasteiger partial charge in [0.1, 0.15) is 6.54 Å². The zero-order valence-electron chi connectivity index (χ0n) is 22.0. The van der Waals surface area contributed by atoms with Crippen LogP contribution in [0.15, 0.2) is 12.2 Å². The summed E-state index contributed by atoms with van der Waals surface area (Å²) >= 11 is 0. The molecule has 180 valence electrons. The van der Waals surface area contributed by atoms with Gasteiger partial charge in [0.15, 0.2) is 11.4 Å². The predicted octanol–water partition coefficient (Wildman–Crippen LogP) is 9.45. The molecule has 0 aromatic carbocycles. The molecule has 0 aliphatic carbocycles. The van der Waals surface area contributed by atoms with E-state index in [2.05, 4.69) is 56.6 Å². The molecule has 1 heteroatoms. The van der Waals surface area contributed by atoms with Gasteiger partial charge in [-0.05, 0) is 44.6 Å². The van der Waals surface area contributed by atoms with Gasteiger partial charge < -0.3 is 0 Å². The average molecular weight is 439 g/mol. The standard InChI is InChI=1S/C31H52N/c1-5-7-9-11-13-15-17-19-23-29-27(3)30(24-20-18-16-14-12-10-8-6-2)31-25-21-22-26-32(31)28(29)4/h19-20,23-24H,5-18,21-22,25-26H2,1-4H3/q+1/b23-19+,24-20+. The highest BCUT2D eigenvalue weighted by atomic mass is 15.0. The Morgan fingerprint density at radius 3 is 1.78 bits per heavy atom. The van der Waals surface area contributed by atoms with E-state index in [1.807, 2.05) is 0 Å². The maximum absolute atomic E-state index is 2.63. The molecular weight excluding hydrogens is 386 g/mol. The third-order valence-corrected chi connectivity index (χ3v) is 7.30. The van der Waals surface area contributed by atoms with Crippen LogP contribution in [0.5, 0.6) is 0 Å². The summed E-state index contributed by atoms with van der Waals surface area (Å²) in [5.74, 6) is 0. The first-order valence-electron chi connectivity index (χ1n) is 14.1. The van der Waals surface area contributed by atoms with E-state index in [9.17, 15) is 0 Å². The zero-order chi connectivity index (χ0) is 23.0. The molecule has 0 saturated carbocycles. The first-order valence-corrected chi connectivity index (χ1v) is 14.1. The van der Waals surface area contributed by atoms with Crippen LogP contribution in [0.25, 0.3) is 12.2 Å². The summed E-state index contributed by atoms with van der Waals surface area (Å²) in [5, 5.41) is 0. The maximum atomic E-state index is 2.63. The van der Waals surface area contributed by atoms with E-state index < -0.39 is 0 Å². The van der Waals surface area contributed by atoms with Crippen molar-refractivity contribution in [1.29, 1.82) is 0 Å². The van der Waals surface area contributed by atoms with E-state index in [0.29, 0.717) is 0 Å². The number of hydrogen-bond acceptors (Lipinski definition) is 0. The van der Waals surface area contributed by atoms with Crippen LogP contribution in [0.1, 0.15) is 145 Å². The highest BCUT2D eigenvalue weighted by Crippen LogP contribution is 2.26. The van der Waals surface area contributed by atoms with Crippen LogP contribution in [-0.4, -0.2) is 0 Å². The third-order valence-electron chi connectivity index (χ3n) is 7.30. The van der Waals surface area contributed by atoms with Crippen molar-refractivity contribution < 1.29 is 4.57 Å². The molecule has 0 unspecified atom stereocenters. The summed E-state index contributed by atoms with van der Waals surface area (Å²) in [6, 6.07) is 0. The molecule has 0 saturated heterocycles. The Kier molecular flexibility index (Phi) is 13.7. The van der Waals surface area contributed by atoms with Crippen LogP contribution in [0.2, 0.25) is 0 Å². The monoisotopic (exact) mass is 438 g/mol. The van der Waals surface area contributed by atoms with Gasteiger partial charge in [0.25, 0.3) is 0 Å². The second kappa shape index (κ2) is 16.3. The van der Waals surface area contributed by atoms with E-state index in [0.717, 1.165) is 0 Å². The summed E-state index contributed by atoms with van der Waals surface area (Å²) in [6.07, 6.45) is 32.7. The Hall–Kier alpha value is -1.37. The summed E-state index contributed by atoms with van der Waals surface area (Å²) in [4.78, 5) is 0. The largest absolute Gasteiger partial charge is 0.199 e. The number of rotatable bonds is 16. The van der Waals surface area contributed by atoms with Crippen molar-refractivity contribution in [2.75, 3.05) is 0 Å². The Bertz CT molecular complexity index is 710. The van der Waals surface area contributed by atoms with Gasteiger partial charge in [-0.15, -0.1) is 0 Å². The van der Waals surface area contributed by atoms with Gasteiger partial charge in [0, 0.05) is 30.9 Å². The number of unbranched alkanes of at least 4 members (excludes halogenated alkanes) is 12. The molecule has 1 nitrogen and oxygen atoms in total. The van der Waals surface area contributed by atoms with Gasteiger partial charge in [0.05, 0.1) is 0 Å². The highest BCUT2D eigenvalue weighted by Gasteiger charge is 2.26. The lowest BCUT2D eigenvalue weighted by Crippen LogP contribution is -2.46. The molecule has 2 heterocycles.